The summed E-state index contributed by atoms with van der Waals surface area (Å²) in [6.45, 7) is 10.2. The molecule has 37 heavy (non-hydrogen) atoms. The fraction of sp³-hybridized carbons (Fsp3) is 0.700. The number of fused-ring (bicyclic) bond motifs is 3. The lowest BCUT2D eigenvalue weighted by atomic mass is 9.59. The number of nitrogens with one attached hydrogen (secondary N) is 1. The van der Waals surface area contributed by atoms with Crippen LogP contribution in [0, 0.1) is 11.3 Å². The number of hydrogen-bond acceptors (Lipinski definition) is 6. The Morgan fingerprint density at radius 3 is 2.57 bits per heavy atom. The predicted octanol–water partition coefficient (Wildman–Crippen LogP) is 5.39. The molecule has 1 aromatic carbocycles. The van der Waals surface area contributed by atoms with Gasteiger partial charge in [0.1, 0.15) is 5.60 Å². The Hall–Kier alpha value is -2.41. The zero-order valence-corrected chi connectivity index (χ0v) is 23.8. The molecule has 0 bridgehead atoms. The molecular formula is C30H45N3O4. The van der Waals surface area contributed by atoms with Crippen molar-refractivity contribution in [3.05, 3.63) is 34.9 Å². The molecule has 0 radical (unpaired) electrons. The number of carbonyl (C=O) groups excluding carboxylic acids is 2. The summed E-state index contributed by atoms with van der Waals surface area (Å²) in [5, 5.41) is 2.87. The molecule has 2 aliphatic carbocycles. The van der Waals surface area contributed by atoms with Crippen LogP contribution in [-0.2, 0) is 32.6 Å². The van der Waals surface area contributed by atoms with E-state index in [9.17, 15) is 9.59 Å². The van der Waals surface area contributed by atoms with Crippen LogP contribution in [0.3, 0.4) is 0 Å². The number of carbonyl (C=O) groups is 2. The number of aliphatic imine (C=N–C) groups is 1. The van der Waals surface area contributed by atoms with Crippen LogP contribution in [0.15, 0.2) is 23.2 Å². The molecule has 0 saturated heterocycles. The number of Topliss-reactive ketones (excluding diaryl/α,β-unsaturated/α-hetero) is 1. The van der Waals surface area contributed by atoms with E-state index in [0.29, 0.717) is 11.9 Å². The molecule has 7 heteroatoms. The maximum Gasteiger partial charge on any atom is 0.414 e. The van der Waals surface area contributed by atoms with E-state index in [1.54, 1.807) is 19.1 Å². The van der Waals surface area contributed by atoms with E-state index in [-0.39, 0.29) is 23.8 Å². The summed E-state index contributed by atoms with van der Waals surface area (Å²) in [6, 6.07) is 6.70. The Morgan fingerprint density at radius 1 is 1.24 bits per heavy atom. The van der Waals surface area contributed by atoms with E-state index >= 15 is 0 Å². The van der Waals surface area contributed by atoms with Crippen molar-refractivity contribution in [3.8, 4) is 0 Å². The average molecular weight is 512 g/mol. The normalized spacial score (nSPS) is 27.6. The minimum Gasteiger partial charge on any atom is -0.444 e. The molecule has 2 spiro atoms. The van der Waals surface area contributed by atoms with Crippen molar-refractivity contribution in [2.45, 2.75) is 103 Å². The molecule has 1 fully saturated rings. The summed E-state index contributed by atoms with van der Waals surface area (Å²) in [5.41, 5.74) is 1.54. The van der Waals surface area contributed by atoms with E-state index in [4.69, 9.17) is 14.5 Å². The summed E-state index contributed by atoms with van der Waals surface area (Å²) in [5.74, 6) is 1.18. The fourth-order valence-electron chi connectivity index (χ4n) is 6.54. The zero-order valence-electron chi connectivity index (χ0n) is 23.8. The molecule has 3 aliphatic rings. The predicted molar refractivity (Wildman–Crippen MR) is 146 cm³/mol. The average Bonchev–Trinajstić information content (AvgIpc) is 3.05. The van der Waals surface area contributed by atoms with Gasteiger partial charge in [-0.05, 0) is 88.3 Å². The summed E-state index contributed by atoms with van der Waals surface area (Å²) < 4.78 is 11.2. The van der Waals surface area contributed by atoms with Crippen LogP contribution >= 0.6 is 0 Å². The van der Waals surface area contributed by atoms with E-state index in [2.05, 4.69) is 37.4 Å². The maximum atomic E-state index is 14.2. The number of methoxy groups -OCH3 is 1. The molecule has 1 heterocycles. The number of nitrogens with zero attached hydrogens (tertiary/aromatic N) is 2. The first-order chi connectivity index (χ1) is 17.4. The lowest BCUT2D eigenvalue weighted by Gasteiger charge is -2.49. The largest absolute Gasteiger partial charge is 0.444 e. The van der Waals surface area contributed by atoms with Gasteiger partial charge in [0.15, 0.2) is 11.3 Å². The van der Waals surface area contributed by atoms with Crippen LogP contribution < -0.4 is 5.32 Å². The van der Waals surface area contributed by atoms with Gasteiger partial charge in [0.2, 0.25) is 5.96 Å². The Balaban J connectivity index is 1.78. The molecule has 1 aromatic rings. The molecular weight excluding hydrogens is 466 g/mol. The van der Waals surface area contributed by atoms with Crippen molar-refractivity contribution < 1.29 is 19.1 Å². The van der Waals surface area contributed by atoms with E-state index in [0.717, 1.165) is 50.5 Å². The molecule has 1 atom stereocenters. The van der Waals surface area contributed by atoms with Crippen molar-refractivity contribution in [2.24, 2.45) is 16.3 Å². The van der Waals surface area contributed by atoms with Gasteiger partial charge in [-0.2, -0.15) is 0 Å². The van der Waals surface area contributed by atoms with E-state index in [1.807, 2.05) is 20.8 Å². The van der Waals surface area contributed by atoms with Crippen LogP contribution in [0.4, 0.5) is 4.79 Å². The molecule has 1 unspecified atom stereocenters. The van der Waals surface area contributed by atoms with Crippen molar-refractivity contribution in [1.82, 2.24) is 10.2 Å². The third kappa shape index (κ3) is 5.43. The van der Waals surface area contributed by atoms with Crippen molar-refractivity contribution >= 4 is 17.8 Å². The lowest BCUT2D eigenvalue weighted by Crippen LogP contribution is -2.60. The number of likely N-dealkylation sites (N-methyl/N-ethyl adjacent to an activating group) is 1. The van der Waals surface area contributed by atoms with Crippen molar-refractivity contribution in [2.75, 3.05) is 20.7 Å². The van der Waals surface area contributed by atoms with Gasteiger partial charge in [0.05, 0.1) is 12.6 Å². The van der Waals surface area contributed by atoms with E-state index in [1.165, 1.54) is 17.5 Å². The molecule has 1 aliphatic heterocycles. The minimum absolute atomic E-state index is 0.110. The number of aryl methyl sites for hydroxylation is 1. The molecule has 204 valence electrons. The van der Waals surface area contributed by atoms with Gasteiger partial charge < -0.3 is 14.4 Å². The Morgan fingerprint density at radius 2 is 1.95 bits per heavy atom. The van der Waals surface area contributed by atoms with Gasteiger partial charge in [-0.15, -0.1) is 0 Å². The van der Waals surface area contributed by atoms with Crippen molar-refractivity contribution in [1.29, 1.82) is 0 Å². The van der Waals surface area contributed by atoms with Crippen LogP contribution in [0.5, 0.6) is 0 Å². The SMILES string of the molecule is COC1CCC2(CC1)Cc1ccc(CCCC(C)C)cc1C21N=C(NC(=O)OC(C)(C)C)N(C)CC1=O. The highest BCUT2D eigenvalue weighted by Crippen LogP contribution is 2.61. The van der Waals surface area contributed by atoms with Crippen molar-refractivity contribution in [3.63, 3.8) is 0 Å². The number of rotatable bonds is 5. The smallest absolute Gasteiger partial charge is 0.414 e. The minimum atomic E-state index is -1.01. The third-order valence-electron chi connectivity index (χ3n) is 8.36. The Labute approximate surface area is 222 Å². The number of amides is 1. The van der Waals surface area contributed by atoms with Gasteiger partial charge in [-0.1, -0.05) is 38.5 Å². The van der Waals surface area contributed by atoms with Gasteiger partial charge in [-0.3, -0.25) is 10.1 Å². The number of ketones is 1. The number of ether oxygens (including phenoxy) is 2. The maximum absolute atomic E-state index is 14.2. The zero-order chi connectivity index (χ0) is 27.0. The van der Waals surface area contributed by atoms with Gasteiger partial charge in [-0.25, -0.2) is 9.79 Å². The quantitative estimate of drug-likeness (QED) is 0.574. The highest BCUT2D eigenvalue weighted by atomic mass is 16.6. The Kier molecular flexibility index (Phi) is 7.76. The second-order valence-electron chi connectivity index (χ2n) is 12.7. The van der Waals surface area contributed by atoms with Gasteiger partial charge in [0.25, 0.3) is 0 Å². The lowest BCUT2D eigenvalue weighted by molar-refractivity contribution is -0.132. The monoisotopic (exact) mass is 511 g/mol. The number of alkyl carbamates (subject to hydrolysis) is 1. The first-order valence-corrected chi connectivity index (χ1v) is 13.9. The molecule has 1 amide bonds. The second kappa shape index (κ2) is 10.4. The van der Waals surface area contributed by atoms with E-state index < -0.39 is 17.2 Å². The first kappa shape index (κ1) is 27.6. The van der Waals surface area contributed by atoms with Gasteiger partial charge >= 0.3 is 6.09 Å². The third-order valence-corrected chi connectivity index (χ3v) is 8.36. The topological polar surface area (TPSA) is 80.2 Å². The molecule has 7 nitrogen and oxygen atoms in total. The highest BCUT2D eigenvalue weighted by Gasteiger charge is 2.64. The van der Waals surface area contributed by atoms with Crippen LogP contribution in [0.2, 0.25) is 0 Å². The molecule has 1 N–H and O–H groups in total. The molecule has 1 saturated carbocycles. The summed E-state index contributed by atoms with van der Waals surface area (Å²) in [6.07, 6.45) is 7.30. The van der Waals surface area contributed by atoms with Crippen LogP contribution in [0.1, 0.15) is 89.8 Å². The summed E-state index contributed by atoms with van der Waals surface area (Å²) >= 11 is 0. The van der Waals surface area contributed by atoms with Gasteiger partial charge in [0, 0.05) is 19.6 Å². The number of hydrogen-bond donors (Lipinski definition) is 1. The summed E-state index contributed by atoms with van der Waals surface area (Å²) in [4.78, 5) is 33.8. The first-order valence-electron chi connectivity index (χ1n) is 13.9. The summed E-state index contributed by atoms with van der Waals surface area (Å²) in [7, 11) is 3.57. The highest BCUT2D eigenvalue weighted by molar-refractivity contribution is 6.04. The molecule has 0 aromatic heterocycles. The van der Waals surface area contributed by atoms with Crippen LogP contribution in [-0.4, -0.2) is 55.1 Å². The number of benzene rings is 1. The Bertz CT molecular complexity index is 1050. The second-order valence-corrected chi connectivity index (χ2v) is 12.7. The molecule has 4 rings (SSSR count). The van der Waals surface area contributed by atoms with Crippen LogP contribution in [0.25, 0.3) is 0 Å². The fourth-order valence-corrected chi connectivity index (χ4v) is 6.54. The standard InChI is InChI=1S/C30H45N3O4/c1-20(2)9-8-10-21-11-12-22-18-29(15-13-23(36-7)14-16-29)30(24(22)17-21)25(34)19-33(6)26(32-30)31-27(35)37-28(3,4)5/h11-12,17,20,23H,8-10,13-16,18-19H2,1-7H3,(H,31,32,35). The number of guanidine groups is 1.